The first-order chi connectivity index (χ1) is 8.41. The first-order valence-electron chi connectivity index (χ1n) is 6.18. The van der Waals surface area contributed by atoms with E-state index in [-0.39, 0.29) is 11.7 Å². The maximum absolute atomic E-state index is 5.94. The minimum atomic E-state index is -0.297. The molecule has 0 fully saturated rings. The highest BCUT2D eigenvalue weighted by Gasteiger charge is 2.24. The summed E-state index contributed by atoms with van der Waals surface area (Å²) < 4.78 is 17.0. The highest BCUT2D eigenvalue weighted by molar-refractivity contribution is 5.69. The van der Waals surface area contributed by atoms with Crippen LogP contribution in [0.4, 0.5) is 0 Å². The molecule has 1 aromatic rings. The molecule has 2 rings (SSSR count). The highest BCUT2D eigenvalue weighted by atomic mass is 16.5. The Morgan fingerprint density at radius 3 is 2.56 bits per heavy atom. The van der Waals surface area contributed by atoms with E-state index in [0.717, 1.165) is 22.8 Å². The molecule has 0 bridgehead atoms. The Bertz CT molecular complexity index is 473. The predicted molar refractivity (Wildman–Crippen MR) is 72.5 cm³/mol. The summed E-state index contributed by atoms with van der Waals surface area (Å²) in [6.07, 6.45) is 4.19. The molecule has 0 N–H and O–H groups in total. The molecule has 0 unspecified atom stereocenters. The van der Waals surface area contributed by atoms with Gasteiger partial charge in [0.15, 0.2) is 0 Å². The molecule has 0 saturated heterocycles. The number of hydrogen-bond donors (Lipinski definition) is 0. The molecule has 3 nitrogen and oxygen atoms in total. The molecule has 3 heteroatoms. The van der Waals surface area contributed by atoms with Gasteiger partial charge in [0.1, 0.15) is 22.8 Å². The van der Waals surface area contributed by atoms with Crippen molar-refractivity contribution in [3.63, 3.8) is 0 Å². The van der Waals surface area contributed by atoms with Crippen molar-refractivity contribution < 1.29 is 14.2 Å². The lowest BCUT2D eigenvalue weighted by atomic mass is 10.0. The van der Waals surface area contributed by atoms with Crippen molar-refractivity contribution in [1.29, 1.82) is 0 Å². The van der Waals surface area contributed by atoms with Gasteiger partial charge in [-0.1, -0.05) is 0 Å². The monoisotopic (exact) mass is 248 g/mol. The van der Waals surface area contributed by atoms with Crippen LogP contribution < -0.4 is 14.2 Å². The largest absolute Gasteiger partial charge is 0.496 e. The van der Waals surface area contributed by atoms with E-state index >= 15 is 0 Å². The van der Waals surface area contributed by atoms with Crippen LogP contribution in [0.2, 0.25) is 0 Å². The van der Waals surface area contributed by atoms with Crippen molar-refractivity contribution in [3.05, 3.63) is 23.8 Å². The Labute approximate surface area is 108 Å². The zero-order valence-electron chi connectivity index (χ0n) is 11.6. The molecule has 1 heterocycles. The fraction of sp³-hybridized carbons (Fsp3) is 0.467. The summed E-state index contributed by atoms with van der Waals surface area (Å²) in [5, 5.41) is 0. The van der Waals surface area contributed by atoms with Crippen LogP contribution in [0.25, 0.3) is 6.08 Å². The van der Waals surface area contributed by atoms with Crippen LogP contribution in [0.1, 0.15) is 33.3 Å². The van der Waals surface area contributed by atoms with Crippen molar-refractivity contribution in [2.24, 2.45) is 0 Å². The predicted octanol–water partition coefficient (Wildman–Crippen LogP) is 3.67. The molecule has 0 aromatic heterocycles. The molecule has 98 valence electrons. The quantitative estimate of drug-likeness (QED) is 0.817. The van der Waals surface area contributed by atoms with E-state index < -0.39 is 0 Å². The van der Waals surface area contributed by atoms with E-state index in [2.05, 4.69) is 0 Å². The van der Waals surface area contributed by atoms with Gasteiger partial charge in [-0.05, 0) is 39.8 Å². The van der Waals surface area contributed by atoms with Crippen LogP contribution in [-0.2, 0) is 0 Å². The molecule has 1 aliphatic rings. The molecule has 0 radical (unpaired) electrons. The van der Waals surface area contributed by atoms with Gasteiger partial charge in [0.2, 0.25) is 0 Å². The summed E-state index contributed by atoms with van der Waals surface area (Å²) in [5.74, 6) is 2.35. The molecule has 0 atom stereocenters. The van der Waals surface area contributed by atoms with Crippen LogP contribution in [-0.4, -0.2) is 18.8 Å². The lowest BCUT2D eigenvalue weighted by molar-refractivity contribution is 0.156. The topological polar surface area (TPSA) is 27.7 Å². The van der Waals surface area contributed by atoms with Gasteiger partial charge < -0.3 is 14.2 Å². The number of fused-ring (bicyclic) bond motifs is 1. The third kappa shape index (κ3) is 2.61. The Kier molecular flexibility index (Phi) is 3.24. The van der Waals surface area contributed by atoms with Gasteiger partial charge in [0.25, 0.3) is 0 Å². The van der Waals surface area contributed by atoms with Crippen LogP contribution in [0.5, 0.6) is 17.2 Å². The molecule has 0 saturated carbocycles. The minimum Gasteiger partial charge on any atom is -0.496 e. The summed E-state index contributed by atoms with van der Waals surface area (Å²) >= 11 is 0. The van der Waals surface area contributed by atoms with Gasteiger partial charge in [-0.25, -0.2) is 0 Å². The number of rotatable bonds is 3. The third-order valence-electron chi connectivity index (χ3n) is 2.69. The van der Waals surface area contributed by atoms with E-state index in [1.807, 2.05) is 52.0 Å². The van der Waals surface area contributed by atoms with Crippen LogP contribution >= 0.6 is 0 Å². The van der Waals surface area contributed by atoms with E-state index in [9.17, 15) is 0 Å². The van der Waals surface area contributed by atoms with Crippen LogP contribution in [0.15, 0.2) is 18.2 Å². The van der Waals surface area contributed by atoms with Crippen LogP contribution in [0, 0.1) is 0 Å². The van der Waals surface area contributed by atoms with Gasteiger partial charge in [-0.3, -0.25) is 0 Å². The van der Waals surface area contributed by atoms with Crippen LogP contribution in [0.3, 0.4) is 0 Å². The second kappa shape index (κ2) is 4.56. The van der Waals surface area contributed by atoms with E-state index in [1.165, 1.54) is 0 Å². The van der Waals surface area contributed by atoms with Crippen molar-refractivity contribution >= 4 is 6.08 Å². The smallest absolute Gasteiger partial charge is 0.135 e. The standard InChI is InChI=1S/C15H20O3/c1-10(2)17-11-8-13(16-5)12-6-7-15(3,4)18-14(12)9-11/h6-10H,1-5H3. The first kappa shape index (κ1) is 12.8. The Balaban J connectivity index is 2.44. The SMILES string of the molecule is COc1cc(OC(C)C)cc2c1C=CC(C)(C)O2. The van der Waals surface area contributed by atoms with E-state index in [4.69, 9.17) is 14.2 Å². The van der Waals surface area contributed by atoms with Gasteiger partial charge >= 0.3 is 0 Å². The summed E-state index contributed by atoms with van der Waals surface area (Å²) in [6, 6.07) is 3.81. The second-order valence-electron chi connectivity index (χ2n) is 5.24. The Morgan fingerprint density at radius 1 is 1.22 bits per heavy atom. The maximum Gasteiger partial charge on any atom is 0.135 e. The molecule has 0 spiro atoms. The summed E-state index contributed by atoms with van der Waals surface area (Å²) in [4.78, 5) is 0. The van der Waals surface area contributed by atoms with Crippen molar-refractivity contribution in [2.75, 3.05) is 7.11 Å². The van der Waals surface area contributed by atoms with Crippen molar-refractivity contribution in [3.8, 4) is 17.2 Å². The normalized spacial score (nSPS) is 16.1. The van der Waals surface area contributed by atoms with Crippen molar-refractivity contribution in [2.45, 2.75) is 39.4 Å². The second-order valence-corrected chi connectivity index (χ2v) is 5.24. The molecule has 1 aliphatic heterocycles. The molecule has 0 aliphatic carbocycles. The number of ether oxygens (including phenoxy) is 3. The maximum atomic E-state index is 5.94. The lowest BCUT2D eigenvalue weighted by Gasteiger charge is -2.29. The third-order valence-corrected chi connectivity index (χ3v) is 2.69. The first-order valence-corrected chi connectivity index (χ1v) is 6.18. The van der Waals surface area contributed by atoms with Gasteiger partial charge in [-0.15, -0.1) is 0 Å². The number of hydrogen-bond acceptors (Lipinski definition) is 3. The summed E-state index contributed by atoms with van der Waals surface area (Å²) in [6.45, 7) is 8.04. The summed E-state index contributed by atoms with van der Waals surface area (Å²) in [7, 11) is 1.66. The fourth-order valence-electron chi connectivity index (χ4n) is 1.94. The molecule has 0 amide bonds. The molecular formula is C15H20O3. The highest BCUT2D eigenvalue weighted by Crippen LogP contribution is 2.40. The van der Waals surface area contributed by atoms with E-state index in [1.54, 1.807) is 7.11 Å². The zero-order chi connectivity index (χ0) is 13.3. The zero-order valence-corrected chi connectivity index (χ0v) is 11.6. The average Bonchev–Trinajstić information content (AvgIpc) is 2.25. The Hall–Kier alpha value is -1.64. The molecule has 18 heavy (non-hydrogen) atoms. The Morgan fingerprint density at radius 2 is 1.94 bits per heavy atom. The number of benzene rings is 1. The fourth-order valence-corrected chi connectivity index (χ4v) is 1.94. The summed E-state index contributed by atoms with van der Waals surface area (Å²) in [5.41, 5.74) is 0.669. The lowest BCUT2D eigenvalue weighted by Crippen LogP contribution is -2.27. The number of methoxy groups -OCH3 is 1. The average molecular weight is 248 g/mol. The molecular weight excluding hydrogens is 228 g/mol. The molecule has 1 aromatic carbocycles. The minimum absolute atomic E-state index is 0.125. The van der Waals surface area contributed by atoms with Gasteiger partial charge in [0, 0.05) is 12.1 Å². The van der Waals surface area contributed by atoms with Crippen molar-refractivity contribution in [1.82, 2.24) is 0 Å². The van der Waals surface area contributed by atoms with Gasteiger partial charge in [-0.2, -0.15) is 0 Å². The van der Waals surface area contributed by atoms with Gasteiger partial charge in [0.05, 0.1) is 18.8 Å². The van der Waals surface area contributed by atoms with E-state index in [0.29, 0.717) is 0 Å².